The summed E-state index contributed by atoms with van der Waals surface area (Å²) in [5.74, 6) is 0.655. The highest BCUT2D eigenvalue weighted by atomic mass is 16.2. The summed E-state index contributed by atoms with van der Waals surface area (Å²) in [6, 6.07) is 0. The zero-order valence-electron chi connectivity index (χ0n) is 12.1. The molecule has 0 unspecified atom stereocenters. The number of amides is 1. The first-order chi connectivity index (χ1) is 9.19. The van der Waals surface area contributed by atoms with E-state index >= 15 is 0 Å². The van der Waals surface area contributed by atoms with Gasteiger partial charge < -0.3 is 10.2 Å². The highest BCUT2D eigenvalue weighted by Gasteiger charge is 2.12. The van der Waals surface area contributed by atoms with Crippen molar-refractivity contribution in [3.8, 4) is 0 Å². The average Bonchev–Trinajstić information content (AvgIpc) is 2.45. The normalized spacial score (nSPS) is 10.3. The van der Waals surface area contributed by atoms with E-state index in [1.54, 1.807) is 24.3 Å². The van der Waals surface area contributed by atoms with Crippen LogP contribution in [0.2, 0.25) is 0 Å². The Morgan fingerprint density at radius 3 is 2.53 bits per heavy atom. The van der Waals surface area contributed by atoms with Gasteiger partial charge in [-0.3, -0.25) is 4.79 Å². The number of hydrogen-bond donors (Lipinski definition) is 1. The van der Waals surface area contributed by atoms with Gasteiger partial charge in [-0.2, -0.15) is 0 Å². The van der Waals surface area contributed by atoms with Gasteiger partial charge in [0.15, 0.2) is 0 Å². The monoisotopic (exact) mass is 264 g/mol. The summed E-state index contributed by atoms with van der Waals surface area (Å²) >= 11 is 0. The highest BCUT2D eigenvalue weighted by molar-refractivity contribution is 5.91. The Morgan fingerprint density at radius 1 is 1.21 bits per heavy atom. The molecule has 1 heterocycles. The second kappa shape index (κ2) is 8.45. The quantitative estimate of drug-likeness (QED) is 0.733. The lowest BCUT2D eigenvalue weighted by Gasteiger charge is -2.15. The van der Waals surface area contributed by atoms with Gasteiger partial charge in [0.05, 0.1) is 12.4 Å². The molecule has 0 aliphatic rings. The largest absolute Gasteiger partial charge is 0.369 e. The van der Waals surface area contributed by atoms with E-state index in [1.807, 2.05) is 0 Å². The molecule has 0 saturated carbocycles. The Labute approximate surface area is 115 Å². The fourth-order valence-electron chi connectivity index (χ4n) is 1.62. The summed E-state index contributed by atoms with van der Waals surface area (Å²) in [5, 5.41) is 3.18. The van der Waals surface area contributed by atoms with Crippen LogP contribution in [0.15, 0.2) is 12.4 Å². The molecule has 0 aliphatic carbocycles. The van der Waals surface area contributed by atoms with Gasteiger partial charge in [-0.15, -0.1) is 0 Å². The third-order valence-electron chi connectivity index (χ3n) is 2.90. The fourth-order valence-corrected chi connectivity index (χ4v) is 1.62. The second-order valence-corrected chi connectivity index (χ2v) is 4.65. The van der Waals surface area contributed by atoms with Crippen molar-refractivity contribution < 1.29 is 4.79 Å². The van der Waals surface area contributed by atoms with Crippen LogP contribution in [-0.4, -0.2) is 40.9 Å². The molecule has 0 aromatic carbocycles. The summed E-state index contributed by atoms with van der Waals surface area (Å²) in [7, 11) is 1.80. The summed E-state index contributed by atoms with van der Waals surface area (Å²) < 4.78 is 0. The van der Waals surface area contributed by atoms with E-state index in [-0.39, 0.29) is 5.91 Å². The van der Waals surface area contributed by atoms with Crippen molar-refractivity contribution in [1.82, 2.24) is 14.9 Å². The Balaban J connectivity index is 2.52. The maximum atomic E-state index is 12.0. The summed E-state index contributed by atoms with van der Waals surface area (Å²) in [6.07, 6.45) is 7.48. The minimum absolute atomic E-state index is 0.0685. The van der Waals surface area contributed by atoms with Crippen LogP contribution in [-0.2, 0) is 0 Å². The average molecular weight is 264 g/mol. The summed E-state index contributed by atoms with van der Waals surface area (Å²) in [5.41, 5.74) is 0.402. The maximum Gasteiger partial charge on any atom is 0.273 e. The molecule has 1 rings (SSSR count). The SMILES string of the molecule is CCCCNc1cnc(C(=O)N(C)CCCC)cn1. The van der Waals surface area contributed by atoms with Crippen LogP contribution in [0.1, 0.15) is 50.0 Å². The molecular formula is C14H24N4O. The van der Waals surface area contributed by atoms with Crippen LogP contribution < -0.4 is 5.32 Å². The highest BCUT2D eigenvalue weighted by Crippen LogP contribution is 2.05. The molecule has 1 aromatic heterocycles. The number of aromatic nitrogens is 2. The van der Waals surface area contributed by atoms with Crippen LogP contribution in [0.3, 0.4) is 0 Å². The van der Waals surface area contributed by atoms with Crippen molar-refractivity contribution >= 4 is 11.7 Å². The van der Waals surface area contributed by atoms with Crippen molar-refractivity contribution in [3.05, 3.63) is 18.1 Å². The number of hydrogen-bond acceptors (Lipinski definition) is 4. The Morgan fingerprint density at radius 2 is 1.95 bits per heavy atom. The zero-order chi connectivity index (χ0) is 14.1. The molecule has 0 bridgehead atoms. The number of carbonyl (C=O) groups excluding carboxylic acids is 1. The molecular weight excluding hydrogens is 240 g/mol. The van der Waals surface area contributed by atoms with E-state index in [0.29, 0.717) is 5.69 Å². The lowest BCUT2D eigenvalue weighted by atomic mass is 10.3. The zero-order valence-corrected chi connectivity index (χ0v) is 12.1. The molecule has 0 fully saturated rings. The molecule has 0 saturated heterocycles. The van der Waals surface area contributed by atoms with Crippen LogP contribution in [0.4, 0.5) is 5.82 Å². The molecule has 1 aromatic rings. The Hall–Kier alpha value is -1.65. The maximum absolute atomic E-state index is 12.0. The number of nitrogens with zero attached hydrogens (tertiary/aromatic N) is 3. The first-order valence-corrected chi connectivity index (χ1v) is 7.00. The van der Waals surface area contributed by atoms with E-state index in [1.165, 1.54) is 0 Å². The van der Waals surface area contributed by atoms with Gasteiger partial charge in [0.1, 0.15) is 11.5 Å². The van der Waals surface area contributed by atoms with E-state index < -0.39 is 0 Å². The van der Waals surface area contributed by atoms with Gasteiger partial charge in [-0.1, -0.05) is 26.7 Å². The third-order valence-corrected chi connectivity index (χ3v) is 2.90. The van der Waals surface area contributed by atoms with Gasteiger partial charge in [0.2, 0.25) is 0 Å². The van der Waals surface area contributed by atoms with Crippen LogP contribution in [0.25, 0.3) is 0 Å². The molecule has 1 amide bonds. The van der Waals surface area contributed by atoms with Crippen molar-refractivity contribution in [2.75, 3.05) is 25.5 Å². The van der Waals surface area contributed by atoms with Crippen LogP contribution >= 0.6 is 0 Å². The summed E-state index contributed by atoms with van der Waals surface area (Å²) in [6.45, 7) is 5.89. The predicted molar refractivity (Wildman–Crippen MR) is 77.3 cm³/mol. The van der Waals surface area contributed by atoms with E-state index in [9.17, 15) is 4.79 Å². The van der Waals surface area contributed by atoms with E-state index in [2.05, 4.69) is 29.1 Å². The first kappa shape index (κ1) is 15.4. The van der Waals surface area contributed by atoms with Gasteiger partial charge in [0, 0.05) is 20.1 Å². The minimum atomic E-state index is -0.0685. The Bertz CT molecular complexity index is 378. The number of unbranched alkanes of at least 4 members (excludes halogenated alkanes) is 2. The molecule has 0 atom stereocenters. The molecule has 5 nitrogen and oxygen atoms in total. The molecule has 19 heavy (non-hydrogen) atoms. The molecule has 5 heteroatoms. The number of nitrogens with one attached hydrogen (secondary N) is 1. The van der Waals surface area contributed by atoms with Gasteiger partial charge in [-0.25, -0.2) is 9.97 Å². The molecule has 1 N–H and O–H groups in total. The standard InChI is InChI=1S/C14H24N4O/c1-4-6-8-15-13-11-16-12(10-17-13)14(19)18(3)9-7-5-2/h10-11H,4-9H2,1-3H3,(H,15,17). The number of rotatable bonds is 8. The Kier molecular flexibility index (Phi) is 6.85. The second-order valence-electron chi connectivity index (χ2n) is 4.65. The minimum Gasteiger partial charge on any atom is -0.369 e. The number of anilines is 1. The predicted octanol–water partition coefficient (Wildman–Crippen LogP) is 2.56. The molecule has 0 radical (unpaired) electrons. The topological polar surface area (TPSA) is 58.1 Å². The lowest BCUT2D eigenvalue weighted by molar-refractivity contribution is 0.0787. The fraction of sp³-hybridized carbons (Fsp3) is 0.643. The smallest absolute Gasteiger partial charge is 0.273 e. The van der Waals surface area contributed by atoms with E-state index in [0.717, 1.165) is 44.6 Å². The lowest BCUT2D eigenvalue weighted by Crippen LogP contribution is -2.28. The molecule has 106 valence electrons. The van der Waals surface area contributed by atoms with Crippen LogP contribution in [0, 0.1) is 0 Å². The molecule has 0 aliphatic heterocycles. The first-order valence-electron chi connectivity index (χ1n) is 7.00. The van der Waals surface area contributed by atoms with Gasteiger partial charge in [-0.05, 0) is 12.8 Å². The third kappa shape index (κ3) is 5.24. The van der Waals surface area contributed by atoms with Crippen molar-refractivity contribution in [3.63, 3.8) is 0 Å². The number of carbonyl (C=O) groups is 1. The van der Waals surface area contributed by atoms with Crippen molar-refractivity contribution in [2.45, 2.75) is 39.5 Å². The molecule has 0 spiro atoms. The summed E-state index contributed by atoms with van der Waals surface area (Å²) in [4.78, 5) is 22.1. The van der Waals surface area contributed by atoms with E-state index in [4.69, 9.17) is 0 Å². The van der Waals surface area contributed by atoms with Gasteiger partial charge >= 0.3 is 0 Å². The van der Waals surface area contributed by atoms with Crippen LogP contribution in [0.5, 0.6) is 0 Å². The van der Waals surface area contributed by atoms with Crippen molar-refractivity contribution in [1.29, 1.82) is 0 Å². The van der Waals surface area contributed by atoms with Gasteiger partial charge in [0.25, 0.3) is 5.91 Å². The van der Waals surface area contributed by atoms with Crippen molar-refractivity contribution in [2.24, 2.45) is 0 Å².